The van der Waals surface area contributed by atoms with Crippen LogP contribution in [0, 0.1) is 0 Å². The summed E-state index contributed by atoms with van der Waals surface area (Å²) in [6.45, 7) is 0. The van der Waals surface area contributed by atoms with Crippen molar-refractivity contribution >= 4 is 35.2 Å². The summed E-state index contributed by atoms with van der Waals surface area (Å²) in [5.74, 6) is -0.627. The zero-order chi connectivity index (χ0) is 14.3. The number of halogens is 1. The number of amides is 1. The molecular weight excluding hydrogens is 286 g/mol. The van der Waals surface area contributed by atoms with E-state index in [1.54, 1.807) is 36.0 Å². The fraction of sp³-hybridized carbons (Fsp3) is 0.385. The van der Waals surface area contributed by atoms with Crippen molar-refractivity contribution in [1.82, 2.24) is 5.32 Å². The van der Waals surface area contributed by atoms with Crippen molar-refractivity contribution in [3.05, 3.63) is 34.9 Å². The number of carbonyl (C=O) groups is 2. The number of rotatable bonds is 7. The van der Waals surface area contributed by atoms with Crippen LogP contribution in [0.3, 0.4) is 0 Å². The standard InChI is InChI=1S/C13H16ClNO3S/c1-19-6-5-11(13(17)18)15-12(16)8-9-3-2-4-10(14)7-9/h2-4,7,11H,5-6,8H2,1H3,(H,15,16)(H,17,18). The Kier molecular flexibility index (Phi) is 6.73. The molecule has 0 aliphatic heterocycles. The number of benzene rings is 1. The Hall–Kier alpha value is -1.20. The minimum absolute atomic E-state index is 0.129. The van der Waals surface area contributed by atoms with Gasteiger partial charge in [-0.2, -0.15) is 11.8 Å². The molecule has 0 spiro atoms. The number of carbonyl (C=O) groups excluding carboxylic acids is 1. The molecule has 1 unspecified atom stereocenters. The Bertz CT molecular complexity index is 453. The third-order valence-electron chi connectivity index (χ3n) is 2.50. The van der Waals surface area contributed by atoms with Gasteiger partial charge in [-0.15, -0.1) is 0 Å². The predicted octanol–water partition coefficient (Wildman–Crippen LogP) is 2.20. The Morgan fingerprint density at radius 2 is 2.21 bits per heavy atom. The summed E-state index contributed by atoms with van der Waals surface area (Å²) in [6, 6.07) is 6.12. The van der Waals surface area contributed by atoms with E-state index < -0.39 is 12.0 Å². The highest BCUT2D eigenvalue weighted by molar-refractivity contribution is 7.98. The molecule has 1 atom stereocenters. The summed E-state index contributed by atoms with van der Waals surface area (Å²) in [4.78, 5) is 22.8. The van der Waals surface area contributed by atoms with E-state index in [1.807, 2.05) is 6.26 Å². The SMILES string of the molecule is CSCCC(NC(=O)Cc1cccc(Cl)c1)C(=O)O. The van der Waals surface area contributed by atoms with Crippen LogP contribution in [0.5, 0.6) is 0 Å². The second kappa shape index (κ2) is 8.07. The van der Waals surface area contributed by atoms with Gasteiger partial charge in [-0.1, -0.05) is 23.7 Å². The van der Waals surface area contributed by atoms with Crippen LogP contribution in [-0.2, 0) is 16.0 Å². The second-order valence-electron chi connectivity index (χ2n) is 4.05. The van der Waals surface area contributed by atoms with Gasteiger partial charge in [0, 0.05) is 5.02 Å². The first-order chi connectivity index (χ1) is 9.02. The largest absolute Gasteiger partial charge is 0.480 e. The molecule has 0 saturated heterocycles. The molecular formula is C13H16ClNO3S. The molecule has 4 nitrogen and oxygen atoms in total. The average Bonchev–Trinajstić information content (AvgIpc) is 2.34. The number of carboxylic acid groups (broad SMARTS) is 1. The van der Waals surface area contributed by atoms with Gasteiger partial charge in [0.05, 0.1) is 6.42 Å². The molecule has 0 bridgehead atoms. The molecule has 0 fully saturated rings. The maximum absolute atomic E-state index is 11.8. The highest BCUT2D eigenvalue weighted by Gasteiger charge is 2.19. The maximum Gasteiger partial charge on any atom is 0.326 e. The third-order valence-corrected chi connectivity index (χ3v) is 3.38. The molecule has 1 amide bonds. The Labute approximate surface area is 121 Å². The van der Waals surface area contributed by atoms with E-state index in [-0.39, 0.29) is 12.3 Å². The molecule has 0 aromatic heterocycles. The van der Waals surface area contributed by atoms with Crippen molar-refractivity contribution in [2.45, 2.75) is 18.9 Å². The number of carboxylic acids is 1. The lowest BCUT2D eigenvalue weighted by Gasteiger charge is -2.13. The Balaban J connectivity index is 2.55. The van der Waals surface area contributed by atoms with Crippen molar-refractivity contribution in [2.24, 2.45) is 0 Å². The van der Waals surface area contributed by atoms with Gasteiger partial charge in [0.2, 0.25) is 5.91 Å². The lowest BCUT2D eigenvalue weighted by Crippen LogP contribution is -2.41. The third kappa shape index (κ3) is 5.98. The van der Waals surface area contributed by atoms with Gasteiger partial charge in [-0.3, -0.25) is 4.79 Å². The summed E-state index contributed by atoms with van der Waals surface area (Å²) in [7, 11) is 0. The maximum atomic E-state index is 11.8. The van der Waals surface area contributed by atoms with E-state index in [0.717, 1.165) is 5.56 Å². The van der Waals surface area contributed by atoms with Crippen molar-refractivity contribution in [2.75, 3.05) is 12.0 Å². The van der Waals surface area contributed by atoms with E-state index in [9.17, 15) is 9.59 Å². The fourth-order valence-electron chi connectivity index (χ4n) is 1.57. The van der Waals surface area contributed by atoms with Gasteiger partial charge in [-0.25, -0.2) is 4.79 Å². The number of hydrogen-bond donors (Lipinski definition) is 2. The smallest absolute Gasteiger partial charge is 0.326 e. The minimum atomic E-state index is -1.01. The number of thioether (sulfide) groups is 1. The van der Waals surface area contributed by atoms with Crippen molar-refractivity contribution in [3.8, 4) is 0 Å². The molecule has 0 radical (unpaired) electrons. The lowest BCUT2D eigenvalue weighted by atomic mass is 10.1. The molecule has 1 aromatic carbocycles. The number of nitrogens with one attached hydrogen (secondary N) is 1. The summed E-state index contributed by atoms with van der Waals surface area (Å²) >= 11 is 7.37. The Morgan fingerprint density at radius 1 is 1.47 bits per heavy atom. The highest BCUT2D eigenvalue weighted by Crippen LogP contribution is 2.11. The van der Waals surface area contributed by atoms with Crippen LogP contribution < -0.4 is 5.32 Å². The van der Waals surface area contributed by atoms with Gasteiger partial charge < -0.3 is 10.4 Å². The van der Waals surface area contributed by atoms with Gasteiger partial charge in [0.1, 0.15) is 6.04 Å². The zero-order valence-corrected chi connectivity index (χ0v) is 12.1. The van der Waals surface area contributed by atoms with Crippen LogP contribution in [0.25, 0.3) is 0 Å². The topological polar surface area (TPSA) is 66.4 Å². The molecule has 104 valence electrons. The van der Waals surface area contributed by atoms with Crippen molar-refractivity contribution < 1.29 is 14.7 Å². The van der Waals surface area contributed by atoms with Crippen LogP contribution in [0.2, 0.25) is 5.02 Å². The van der Waals surface area contributed by atoms with Crippen molar-refractivity contribution in [3.63, 3.8) is 0 Å². The first-order valence-corrected chi connectivity index (χ1v) is 7.55. The van der Waals surface area contributed by atoms with Gasteiger partial charge in [-0.05, 0) is 36.1 Å². The van der Waals surface area contributed by atoms with E-state index in [4.69, 9.17) is 16.7 Å². The van der Waals surface area contributed by atoms with Gasteiger partial charge >= 0.3 is 5.97 Å². The van der Waals surface area contributed by atoms with Crippen molar-refractivity contribution in [1.29, 1.82) is 0 Å². The summed E-state index contributed by atoms with van der Waals surface area (Å²) in [6.07, 6.45) is 2.44. The molecule has 0 saturated carbocycles. The first-order valence-electron chi connectivity index (χ1n) is 5.78. The van der Waals surface area contributed by atoms with E-state index >= 15 is 0 Å². The van der Waals surface area contributed by atoms with Crippen LogP contribution in [0.4, 0.5) is 0 Å². The Morgan fingerprint density at radius 3 is 2.79 bits per heavy atom. The molecule has 0 heterocycles. The normalized spacial score (nSPS) is 11.9. The molecule has 6 heteroatoms. The van der Waals surface area contributed by atoms with Crippen LogP contribution in [0.15, 0.2) is 24.3 Å². The first kappa shape index (κ1) is 15.9. The average molecular weight is 302 g/mol. The van der Waals surface area contributed by atoms with E-state index in [0.29, 0.717) is 17.2 Å². The fourth-order valence-corrected chi connectivity index (χ4v) is 2.26. The van der Waals surface area contributed by atoms with Crippen LogP contribution in [-0.4, -0.2) is 35.0 Å². The number of hydrogen-bond acceptors (Lipinski definition) is 3. The zero-order valence-electron chi connectivity index (χ0n) is 10.6. The molecule has 0 aliphatic rings. The number of aliphatic carboxylic acids is 1. The van der Waals surface area contributed by atoms with Crippen LogP contribution in [0.1, 0.15) is 12.0 Å². The lowest BCUT2D eigenvalue weighted by molar-refractivity contribution is -0.141. The van der Waals surface area contributed by atoms with Gasteiger partial charge in [0.25, 0.3) is 0 Å². The second-order valence-corrected chi connectivity index (χ2v) is 5.47. The minimum Gasteiger partial charge on any atom is -0.480 e. The molecule has 19 heavy (non-hydrogen) atoms. The quantitative estimate of drug-likeness (QED) is 0.810. The van der Waals surface area contributed by atoms with E-state index in [2.05, 4.69) is 5.32 Å². The summed E-state index contributed by atoms with van der Waals surface area (Å²) in [5.41, 5.74) is 0.763. The monoisotopic (exact) mass is 301 g/mol. The summed E-state index contributed by atoms with van der Waals surface area (Å²) < 4.78 is 0. The highest BCUT2D eigenvalue weighted by atomic mass is 35.5. The summed E-state index contributed by atoms with van der Waals surface area (Å²) in [5, 5.41) is 12.1. The molecule has 1 rings (SSSR count). The molecule has 1 aromatic rings. The van der Waals surface area contributed by atoms with Crippen LogP contribution >= 0.6 is 23.4 Å². The molecule has 2 N–H and O–H groups in total. The van der Waals surface area contributed by atoms with E-state index in [1.165, 1.54) is 0 Å². The molecule has 0 aliphatic carbocycles. The predicted molar refractivity (Wildman–Crippen MR) is 77.7 cm³/mol. The van der Waals surface area contributed by atoms with Gasteiger partial charge in [0.15, 0.2) is 0 Å².